The molecule has 10 heteroatoms. The Bertz CT molecular complexity index is 1190. The second-order valence-corrected chi connectivity index (χ2v) is 10.1. The SMILES string of the molecule is CC[C@H](C)NC(=O)CSc1nc2ccsc2c(=O)n1CCCCCC(=O)Nc1ccc(OC)cc1. The number of anilines is 1. The highest BCUT2D eigenvalue weighted by Crippen LogP contribution is 2.22. The molecule has 0 aliphatic heterocycles. The molecule has 1 atom stereocenters. The van der Waals surface area contributed by atoms with Crippen molar-refractivity contribution in [2.24, 2.45) is 0 Å². The number of fused-ring (bicyclic) bond motifs is 1. The van der Waals surface area contributed by atoms with E-state index in [1.807, 2.05) is 25.3 Å². The predicted octanol–water partition coefficient (Wildman–Crippen LogP) is 4.67. The number of benzene rings is 1. The molecule has 1 aromatic carbocycles. The van der Waals surface area contributed by atoms with Crippen LogP contribution in [0.1, 0.15) is 46.0 Å². The van der Waals surface area contributed by atoms with E-state index in [2.05, 4.69) is 15.6 Å². The quantitative estimate of drug-likeness (QED) is 0.194. The maximum absolute atomic E-state index is 13.0. The Morgan fingerprint density at radius 2 is 1.91 bits per heavy atom. The standard InChI is InChI=1S/C25H32N4O4S2/c1-4-17(2)26-22(31)16-35-25-28-20-13-15-34-23(20)24(32)29(25)14-7-5-6-8-21(30)27-18-9-11-19(33-3)12-10-18/h9-13,15,17H,4-8,14,16H2,1-3H3,(H,26,31)(H,27,30)/t17-/m0/s1. The van der Waals surface area contributed by atoms with Crippen molar-refractivity contribution >= 4 is 50.8 Å². The molecular weight excluding hydrogens is 484 g/mol. The molecule has 35 heavy (non-hydrogen) atoms. The Morgan fingerprint density at radius 3 is 2.63 bits per heavy atom. The lowest BCUT2D eigenvalue weighted by atomic mass is 10.2. The van der Waals surface area contributed by atoms with E-state index < -0.39 is 0 Å². The van der Waals surface area contributed by atoms with Gasteiger partial charge in [0.2, 0.25) is 11.8 Å². The number of thioether (sulfide) groups is 1. The lowest BCUT2D eigenvalue weighted by molar-refractivity contribution is -0.119. The molecule has 2 aromatic heterocycles. The van der Waals surface area contributed by atoms with Crippen LogP contribution in [-0.2, 0) is 16.1 Å². The van der Waals surface area contributed by atoms with Gasteiger partial charge in [-0.3, -0.25) is 19.0 Å². The van der Waals surface area contributed by atoms with E-state index in [0.717, 1.165) is 30.7 Å². The number of carbonyl (C=O) groups excluding carboxylic acids is 2. The average molecular weight is 517 g/mol. The Hall–Kier alpha value is -2.85. The maximum Gasteiger partial charge on any atom is 0.272 e. The third-order valence-corrected chi connectivity index (χ3v) is 7.41. The first-order chi connectivity index (χ1) is 16.9. The van der Waals surface area contributed by atoms with Crippen LogP contribution in [0.4, 0.5) is 5.69 Å². The highest BCUT2D eigenvalue weighted by molar-refractivity contribution is 7.99. The van der Waals surface area contributed by atoms with Crippen LogP contribution in [0.15, 0.2) is 45.7 Å². The van der Waals surface area contributed by atoms with E-state index in [9.17, 15) is 14.4 Å². The summed E-state index contributed by atoms with van der Waals surface area (Å²) >= 11 is 2.66. The minimum atomic E-state index is -0.0768. The second kappa shape index (κ2) is 13.3. The minimum Gasteiger partial charge on any atom is -0.497 e. The third-order valence-electron chi connectivity index (χ3n) is 5.54. The first kappa shape index (κ1) is 26.7. The largest absolute Gasteiger partial charge is 0.497 e. The van der Waals surface area contributed by atoms with Gasteiger partial charge in [0.15, 0.2) is 5.16 Å². The Morgan fingerprint density at radius 1 is 1.14 bits per heavy atom. The molecule has 0 radical (unpaired) electrons. The van der Waals surface area contributed by atoms with Gasteiger partial charge in [-0.1, -0.05) is 25.1 Å². The molecule has 3 rings (SSSR count). The van der Waals surface area contributed by atoms with Crippen molar-refractivity contribution in [3.8, 4) is 5.75 Å². The minimum absolute atomic E-state index is 0.0439. The molecule has 2 amide bonds. The number of thiophene rings is 1. The molecule has 0 bridgehead atoms. The van der Waals surface area contributed by atoms with E-state index in [0.29, 0.717) is 34.8 Å². The van der Waals surface area contributed by atoms with Gasteiger partial charge in [-0.2, -0.15) is 0 Å². The molecule has 3 aromatic rings. The summed E-state index contributed by atoms with van der Waals surface area (Å²) in [5.41, 5.74) is 1.32. The second-order valence-electron chi connectivity index (χ2n) is 8.24. The molecule has 0 aliphatic carbocycles. The van der Waals surface area contributed by atoms with Crippen LogP contribution in [0.25, 0.3) is 10.2 Å². The normalized spacial score (nSPS) is 11.9. The zero-order valence-corrected chi connectivity index (χ0v) is 22.0. The van der Waals surface area contributed by atoms with Crippen LogP contribution < -0.4 is 20.9 Å². The summed E-state index contributed by atoms with van der Waals surface area (Å²) in [5.74, 6) is 0.830. The molecule has 2 N–H and O–H groups in total. The van der Waals surface area contributed by atoms with Gasteiger partial charge in [0.05, 0.1) is 18.4 Å². The first-order valence-corrected chi connectivity index (χ1v) is 13.6. The topological polar surface area (TPSA) is 102 Å². The fourth-order valence-electron chi connectivity index (χ4n) is 3.41. The third kappa shape index (κ3) is 7.83. The van der Waals surface area contributed by atoms with Crippen molar-refractivity contribution in [3.05, 3.63) is 46.1 Å². The summed E-state index contributed by atoms with van der Waals surface area (Å²) in [5, 5.41) is 8.23. The predicted molar refractivity (Wildman–Crippen MR) is 143 cm³/mol. The summed E-state index contributed by atoms with van der Waals surface area (Å²) in [7, 11) is 1.60. The van der Waals surface area contributed by atoms with E-state index >= 15 is 0 Å². The Kier molecular flexibility index (Phi) is 10.2. The average Bonchev–Trinajstić information content (AvgIpc) is 3.33. The van der Waals surface area contributed by atoms with E-state index in [1.54, 1.807) is 35.9 Å². The van der Waals surface area contributed by atoms with Gasteiger partial charge < -0.3 is 15.4 Å². The summed E-state index contributed by atoms with van der Waals surface area (Å²) in [6.07, 6.45) is 3.51. The summed E-state index contributed by atoms with van der Waals surface area (Å²) in [4.78, 5) is 42.1. The van der Waals surface area contributed by atoms with Gasteiger partial charge in [-0.15, -0.1) is 11.3 Å². The van der Waals surface area contributed by atoms with Gasteiger partial charge in [0, 0.05) is 24.7 Å². The molecule has 2 heterocycles. The van der Waals surface area contributed by atoms with Crippen molar-refractivity contribution in [2.45, 2.75) is 63.7 Å². The number of nitrogens with one attached hydrogen (secondary N) is 2. The number of nitrogens with zero attached hydrogens (tertiary/aromatic N) is 2. The molecule has 0 unspecified atom stereocenters. The Labute approximate surface area is 213 Å². The monoisotopic (exact) mass is 516 g/mol. The molecule has 8 nitrogen and oxygen atoms in total. The number of carbonyl (C=O) groups is 2. The molecule has 188 valence electrons. The molecule has 0 fully saturated rings. The van der Waals surface area contributed by atoms with Gasteiger partial charge in [-0.25, -0.2) is 4.98 Å². The lowest BCUT2D eigenvalue weighted by Gasteiger charge is -2.13. The molecular formula is C25H32N4O4S2. The van der Waals surface area contributed by atoms with Crippen molar-refractivity contribution in [1.82, 2.24) is 14.9 Å². The van der Waals surface area contributed by atoms with Gasteiger partial charge in [0.25, 0.3) is 5.56 Å². The van der Waals surface area contributed by atoms with Crippen LogP contribution in [0, 0.1) is 0 Å². The zero-order chi connectivity index (χ0) is 25.2. The molecule has 0 saturated heterocycles. The van der Waals surface area contributed by atoms with Crippen molar-refractivity contribution in [3.63, 3.8) is 0 Å². The Balaban J connectivity index is 1.53. The van der Waals surface area contributed by atoms with E-state index in [1.165, 1.54) is 23.1 Å². The highest BCUT2D eigenvalue weighted by atomic mass is 32.2. The smallest absolute Gasteiger partial charge is 0.272 e. The number of hydrogen-bond donors (Lipinski definition) is 2. The van der Waals surface area contributed by atoms with Gasteiger partial charge in [0.1, 0.15) is 10.4 Å². The van der Waals surface area contributed by atoms with Crippen LogP contribution in [0.3, 0.4) is 0 Å². The van der Waals surface area contributed by atoms with Crippen LogP contribution in [0.5, 0.6) is 5.75 Å². The van der Waals surface area contributed by atoms with Gasteiger partial charge >= 0.3 is 0 Å². The molecule has 0 spiro atoms. The summed E-state index contributed by atoms with van der Waals surface area (Å²) in [6.45, 7) is 4.48. The number of ether oxygens (including phenoxy) is 1. The van der Waals surface area contributed by atoms with E-state index in [4.69, 9.17) is 4.74 Å². The number of aromatic nitrogens is 2. The number of amides is 2. The molecule has 0 saturated carbocycles. The maximum atomic E-state index is 13.0. The van der Waals surface area contributed by atoms with Crippen LogP contribution in [0.2, 0.25) is 0 Å². The van der Waals surface area contributed by atoms with Crippen molar-refractivity contribution in [2.75, 3.05) is 18.2 Å². The van der Waals surface area contributed by atoms with Crippen molar-refractivity contribution < 1.29 is 14.3 Å². The number of unbranched alkanes of at least 4 members (excludes halogenated alkanes) is 2. The zero-order valence-electron chi connectivity index (χ0n) is 20.3. The van der Waals surface area contributed by atoms with Crippen LogP contribution in [-0.4, -0.2) is 40.3 Å². The molecule has 0 aliphatic rings. The van der Waals surface area contributed by atoms with Crippen LogP contribution >= 0.6 is 23.1 Å². The van der Waals surface area contributed by atoms with Crippen molar-refractivity contribution in [1.29, 1.82) is 0 Å². The number of hydrogen-bond acceptors (Lipinski definition) is 7. The summed E-state index contributed by atoms with van der Waals surface area (Å²) in [6, 6.07) is 9.15. The number of rotatable bonds is 13. The number of methoxy groups -OCH3 is 1. The highest BCUT2D eigenvalue weighted by Gasteiger charge is 2.15. The van der Waals surface area contributed by atoms with E-state index in [-0.39, 0.29) is 29.2 Å². The fourth-order valence-corrected chi connectivity index (χ4v) is 5.02. The first-order valence-electron chi connectivity index (χ1n) is 11.7. The lowest BCUT2D eigenvalue weighted by Crippen LogP contribution is -2.33. The summed E-state index contributed by atoms with van der Waals surface area (Å²) < 4.78 is 7.41. The van der Waals surface area contributed by atoms with Gasteiger partial charge in [-0.05, 0) is 61.9 Å². The fraction of sp³-hybridized carbons (Fsp3) is 0.440.